The zero-order valence-electron chi connectivity index (χ0n) is 17.2. The second-order valence-electron chi connectivity index (χ2n) is 7.85. The van der Waals surface area contributed by atoms with Crippen molar-refractivity contribution in [2.24, 2.45) is 5.92 Å². The first-order chi connectivity index (χ1) is 14.5. The van der Waals surface area contributed by atoms with Crippen molar-refractivity contribution >= 4 is 23.1 Å². The molecule has 7 heteroatoms. The van der Waals surface area contributed by atoms with Crippen LogP contribution in [0.15, 0.2) is 54.9 Å². The quantitative estimate of drug-likeness (QED) is 0.680. The lowest BCUT2D eigenvalue weighted by Crippen LogP contribution is -2.44. The van der Waals surface area contributed by atoms with E-state index in [9.17, 15) is 9.59 Å². The summed E-state index contributed by atoms with van der Waals surface area (Å²) in [5.74, 6) is 0.480. The maximum atomic E-state index is 12.7. The van der Waals surface area contributed by atoms with Crippen LogP contribution in [0, 0.1) is 5.92 Å². The van der Waals surface area contributed by atoms with E-state index in [0.29, 0.717) is 31.0 Å². The van der Waals surface area contributed by atoms with Gasteiger partial charge >= 0.3 is 0 Å². The van der Waals surface area contributed by atoms with Gasteiger partial charge in [0.1, 0.15) is 24.0 Å². The summed E-state index contributed by atoms with van der Waals surface area (Å²) >= 11 is 0. The highest BCUT2D eigenvalue weighted by molar-refractivity contribution is 5.97. The largest absolute Gasteiger partial charge is 0.487 e. The normalized spacial score (nSPS) is 16.2. The molecule has 0 bridgehead atoms. The molecule has 1 aliphatic heterocycles. The van der Waals surface area contributed by atoms with Gasteiger partial charge in [-0.2, -0.15) is 0 Å². The average Bonchev–Trinajstić information content (AvgIpc) is 3.39. The van der Waals surface area contributed by atoms with Crippen molar-refractivity contribution in [1.29, 1.82) is 0 Å². The van der Waals surface area contributed by atoms with Gasteiger partial charge in [0.05, 0.1) is 5.69 Å². The summed E-state index contributed by atoms with van der Waals surface area (Å²) in [6, 6.07) is 12.7. The van der Waals surface area contributed by atoms with Crippen LogP contribution in [0.25, 0.3) is 5.65 Å². The molecule has 0 spiro atoms. The number of fused-ring (bicyclic) bond motifs is 1. The Morgan fingerprint density at radius 3 is 2.73 bits per heavy atom. The van der Waals surface area contributed by atoms with Gasteiger partial charge < -0.3 is 19.4 Å². The molecule has 30 heavy (non-hydrogen) atoms. The third kappa shape index (κ3) is 4.30. The first-order valence-corrected chi connectivity index (χ1v) is 10.3. The lowest BCUT2D eigenvalue weighted by atomic mass is 10.1. The van der Waals surface area contributed by atoms with Crippen LogP contribution in [0.5, 0.6) is 5.75 Å². The summed E-state index contributed by atoms with van der Waals surface area (Å²) in [7, 11) is 0. The molecule has 1 N–H and O–H groups in total. The number of imidazole rings is 1. The Balaban J connectivity index is 1.34. The minimum Gasteiger partial charge on any atom is -0.487 e. The number of nitrogens with one attached hydrogen (secondary N) is 1. The number of hydrogen-bond donors (Lipinski definition) is 1. The van der Waals surface area contributed by atoms with E-state index >= 15 is 0 Å². The smallest absolute Gasteiger partial charge is 0.247 e. The molecule has 3 heterocycles. The van der Waals surface area contributed by atoms with Gasteiger partial charge in [-0.25, -0.2) is 4.98 Å². The van der Waals surface area contributed by atoms with Crippen molar-refractivity contribution in [3.8, 4) is 5.75 Å². The first-order valence-electron chi connectivity index (χ1n) is 10.3. The number of likely N-dealkylation sites (tertiary alicyclic amines) is 1. The fourth-order valence-corrected chi connectivity index (χ4v) is 3.71. The van der Waals surface area contributed by atoms with E-state index in [4.69, 9.17) is 4.74 Å². The number of carbonyl (C=O) groups is 2. The fourth-order valence-electron chi connectivity index (χ4n) is 3.71. The number of hydrogen-bond acceptors (Lipinski definition) is 4. The third-order valence-corrected chi connectivity index (χ3v) is 5.25. The van der Waals surface area contributed by atoms with Crippen LogP contribution in [0.4, 0.5) is 5.69 Å². The molecule has 1 aliphatic rings. The summed E-state index contributed by atoms with van der Waals surface area (Å²) in [4.78, 5) is 31.2. The summed E-state index contributed by atoms with van der Waals surface area (Å²) in [6.07, 6.45) is 5.44. The monoisotopic (exact) mass is 406 g/mol. The zero-order chi connectivity index (χ0) is 21.1. The highest BCUT2D eigenvalue weighted by Gasteiger charge is 2.34. The molecule has 156 valence electrons. The Morgan fingerprint density at radius 2 is 2.00 bits per heavy atom. The van der Waals surface area contributed by atoms with Crippen LogP contribution < -0.4 is 10.1 Å². The number of anilines is 1. The van der Waals surface area contributed by atoms with Crippen LogP contribution >= 0.6 is 0 Å². The molecule has 2 amide bonds. The summed E-state index contributed by atoms with van der Waals surface area (Å²) < 4.78 is 7.77. The van der Waals surface area contributed by atoms with Gasteiger partial charge in [0.15, 0.2) is 0 Å². The van der Waals surface area contributed by atoms with Crippen LogP contribution in [-0.4, -0.2) is 38.7 Å². The van der Waals surface area contributed by atoms with Gasteiger partial charge in [0.2, 0.25) is 11.8 Å². The summed E-state index contributed by atoms with van der Waals surface area (Å²) in [5, 5.41) is 2.92. The molecule has 1 fully saturated rings. The Hall–Kier alpha value is -3.35. The number of amides is 2. The van der Waals surface area contributed by atoms with E-state index in [1.165, 1.54) is 0 Å². The minimum absolute atomic E-state index is 0.0309. The third-order valence-electron chi connectivity index (χ3n) is 5.25. The number of pyridine rings is 1. The lowest BCUT2D eigenvalue weighted by molar-refractivity contribution is -0.139. The van der Waals surface area contributed by atoms with Gasteiger partial charge in [0.25, 0.3) is 0 Å². The van der Waals surface area contributed by atoms with Crippen molar-refractivity contribution < 1.29 is 14.3 Å². The van der Waals surface area contributed by atoms with Crippen molar-refractivity contribution in [1.82, 2.24) is 14.3 Å². The standard InChI is InChI=1S/C23H26N4O3/c1-16(2)23(29)27-13-5-6-20(27)22(28)25-17-8-10-19(11-9-17)30-15-18-14-26-12-4-3-7-21(26)24-18/h3-4,7-12,14,16,20H,5-6,13,15H2,1-2H3,(H,25,28). The van der Waals surface area contributed by atoms with Crippen molar-refractivity contribution in [2.45, 2.75) is 39.3 Å². The topological polar surface area (TPSA) is 75.9 Å². The molecule has 1 aromatic carbocycles. The van der Waals surface area contributed by atoms with E-state index in [1.807, 2.05) is 61.0 Å². The van der Waals surface area contributed by atoms with Crippen LogP contribution in [0.3, 0.4) is 0 Å². The number of benzene rings is 1. The molecule has 0 radical (unpaired) electrons. The van der Waals surface area contributed by atoms with E-state index in [-0.39, 0.29) is 17.7 Å². The van der Waals surface area contributed by atoms with Crippen molar-refractivity contribution in [2.75, 3.05) is 11.9 Å². The highest BCUT2D eigenvalue weighted by atomic mass is 16.5. The molecule has 4 rings (SSSR count). The Morgan fingerprint density at radius 1 is 1.20 bits per heavy atom. The summed E-state index contributed by atoms with van der Waals surface area (Å²) in [5.41, 5.74) is 2.41. The Bertz CT molecular complexity index is 1010. The number of carbonyl (C=O) groups excluding carboxylic acids is 2. The molecule has 7 nitrogen and oxygen atoms in total. The predicted octanol–water partition coefficient (Wildman–Crippen LogP) is 3.50. The molecule has 1 saturated heterocycles. The second kappa shape index (κ2) is 8.57. The predicted molar refractivity (Wildman–Crippen MR) is 114 cm³/mol. The minimum atomic E-state index is -0.397. The second-order valence-corrected chi connectivity index (χ2v) is 7.85. The molecule has 1 unspecified atom stereocenters. The molecule has 0 aliphatic carbocycles. The maximum absolute atomic E-state index is 12.7. The molecule has 0 saturated carbocycles. The van der Waals surface area contributed by atoms with Gasteiger partial charge in [-0.05, 0) is 49.2 Å². The first kappa shape index (κ1) is 19.9. The Kier molecular flexibility index (Phi) is 5.70. The molecule has 3 aromatic rings. The van der Waals surface area contributed by atoms with E-state index in [2.05, 4.69) is 10.3 Å². The average molecular weight is 406 g/mol. The van der Waals surface area contributed by atoms with Gasteiger partial charge in [-0.1, -0.05) is 19.9 Å². The molecule has 2 aromatic heterocycles. The summed E-state index contributed by atoms with van der Waals surface area (Å²) in [6.45, 7) is 4.73. The number of rotatable bonds is 6. The zero-order valence-corrected chi connectivity index (χ0v) is 17.2. The number of aromatic nitrogens is 2. The SMILES string of the molecule is CC(C)C(=O)N1CCCC1C(=O)Nc1ccc(OCc2cn3ccccc3n2)cc1. The van der Waals surface area contributed by atoms with Crippen molar-refractivity contribution in [3.63, 3.8) is 0 Å². The Labute approximate surface area is 175 Å². The van der Waals surface area contributed by atoms with E-state index in [0.717, 1.165) is 17.8 Å². The van der Waals surface area contributed by atoms with Crippen molar-refractivity contribution in [3.05, 3.63) is 60.6 Å². The lowest BCUT2D eigenvalue weighted by Gasteiger charge is -2.25. The van der Waals surface area contributed by atoms with Gasteiger partial charge in [-0.3, -0.25) is 9.59 Å². The molecule has 1 atom stereocenters. The maximum Gasteiger partial charge on any atom is 0.247 e. The van der Waals surface area contributed by atoms with E-state index < -0.39 is 6.04 Å². The van der Waals surface area contributed by atoms with E-state index in [1.54, 1.807) is 17.0 Å². The van der Waals surface area contributed by atoms with Crippen LogP contribution in [-0.2, 0) is 16.2 Å². The highest BCUT2D eigenvalue weighted by Crippen LogP contribution is 2.22. The van der Waals surface area contributed by atoms with Crippen LogP contribution in [0.2, 0.25) is 0 Å². The van der Waals surface area contributed by atoms with Crippen LogP contribution in [0.1, 0.15) is 32.4 Å². The number of nitrogens with zero attached hydrogens (tertiary/aromatic N) is 3. The van der Waals surface area contributed by atoms with Gasteiger partial charge in [0, 0.05) is 30.5 Å². The number of ether oxygens (including phenoxy) is 1. The fraction of sp³-hybridized carbons (Fsp3) is 0.348. The molecular weight excluding hydrogens is 380 g/mol. The molecular formula is C23H26N4O3. The van der Waals surface area contributed by atoms with Gasteiger partial charge in [-0.15, -0.1) is 0 Å².